The van der Waals surface area contributed by atoms with Gasteiger partial charge in [0, 0.05) is 5.56 Å². The number of pyridine rings is 1. The summed E-state index contributed by atoms with van der Waals surface area (Å²) < 4.78 is 0. The Balaban J connectivity index is 2.56. The fraction of sp³-hybridized carbons (Fsp3) is 0.0833. The molecule has 0 aliphatic carbocycles. The molecule has 0 fully saturated rings. The molecule has 2 rings (SSSR count). The number of nitrogen functional groups attached to an aromatic ring is 1. The zero-order valence-corrected chi connectivity index (χ0v) is 8.22. The highest BCUT2D eigenvalue weighted by atomic mass is 16.3. The van der Waals surface area contributed by atoms with Gasteiger partial charge in [0.15, 0.2) is 0 Å². The van der Waals surface area contributed by atoms with Crippen molar-refractivity contribution < 1.29 is 5.11 Å². The van der Waals surface area contributed by atoms with Gasteiger partial charge in [-0.05, 0) is 11.6 Å². The van der Waals surface area contributed by atoms with Gasteiger partial charge in [0.1, 0.15) is 0 Å². The van der Waals surface area contributed by atoms with E-state index >= 15 is 0 Å². The molecule has 3 heteroatoms. The molecular formula is C12H12N2O. The summed E-state index contributed by atoms with van der Waals surface area (Å²) in [5.74, 6) is 0. The van der Waals surface area contributed by atoms with E-state index < -0.39 is 0 Å². The molecule has 0 atom stereocenters. The summed E-state index contributed by atoms with van der Waals surface area (Å²) in [6.45, 7) is -0.0789. The van der Waals surface area contributed by atoms with Gasteiger partial charge in [-0.2, -0.15) is 0 Å². The summed E-state index contributed by atoms with van der Waals surface area (Å²) in [4.78, 5) is 4.10. The van der Waals surface area contributed by atoms with Crippen molar-refractivity contribution in [3.63, 3.8) is 0 Å². The van der Waals surface area contributed by atoms with Crippen LogP contribution >= 0.6 is 0 Å². The Hall–Kier alpha value is -1.87. The van der Waals surface area contributed by atoms with Crippen LogP contribution in [0.4, 0.5) is 5.69 Å². The summed E-state index contributed by atoms with van der Waals surface area (Å²) in [6, 6.07) is 11.6. The average molecular weight is 200 g/mol. The molecule has 0 saturated carbocycles. The van der Waals surface area contributed by atoms with E-state index in [1.54, 1.807) is 6.20 Å². The van der Waals surface area contributed by atoms with Crippen LogP contribution in [0.2, 0.25) is 0 Å². The number of nitrogens with two attached hydrogens (primary N) is 1. The van der Waals surface area contributed by atoms with Crippen molar-refractivity contribution in [2.24, 2.45) is 0 Å². The van der Waals surface area contributed by atoms with Gasteiger partial charge in [0.25, 0.3) is 0 Å². The van der Waals surface area contributed by atoms with Gasteiger partial charge in [-0.25, -0.2) is 0 Å². The molecule has 1 heterocycles. The zero-order chi connectivity index (χ0) is 10.7. The van der Waals surface area contributed by atoms with Gasteiger partial charge in [0.2, 0.25) is 0 Å². The molecule has 3 nitrogen and oxygen atoms in total. The van der Waals surface area contributed by atoms with Crippen molar-refractivity contribution in [1.82, 2.24) is 4.98 Å². The number of nitrogens with zero attached hydrogens (tertiary/aromatic N) is 1. The van der Waals surface area contributed by atoms with Crippen LogP contribution in [0.1, 0.15) is 5.69 Å². The molecule has 15 heavy (non-hydrogen) atoms. The SMILES string of the molecule is Nc1cnc(CO)c(-c2ccccc2)c1. The number of aliphatic hydroxyl groups excluding tert-OH is 1. The molecule has 0 aliphatic rings. The van der Waals surface area contributed by atoms with Gasteiger partial charge < -0.3 is 10.8 Å². The van der Waals surface area contributed by atoms with E-state index in [1.165, 1.54) is 0 Å². The highest BCUT2D eigenvalue weighted by Crippen LogP contribution is 2.23. The van der Waals surface area contributed by atoms with Crippen molar-refractivity contribution in [3.8, 4) is 11.1 Å². The van der Waals surface area contributed by atoms with E-state index in [0.29, 0.717) is 11.4 Å². The number of anilines is 1. The second-order valence-corrected chi connectivity index (χ2v) is 3.29. The van der Waals surface area contributed by atoms with Crippen molar-refractivity contribution in [2.75, 3.05) is 5.73 Å². The van der Waals surface area contributed by atoms with Crippen molar-refractivity contribution >= 4 is 5.69 Å². The molecule has 0 unspecified atom stereocenters. The standard InChI is InChI=1S/C12H12N2O/c13-10-6-11(12(8-15)14-7-10)9-4-2-1-3-5-9/h1-7,15H,8,13H2. The van der Waals surface area contributed by atoms with Crippen LogP contribution in [0.5, 0.6) is 0 Å². The van der Waals surface area contributed by atoms with E-state index in [-0.39, 0.29) is 6.61 Å². The second kappa shape index (κ2) is 4.11. The summed E-state index contributed by atoms with van der Waals surface area (Å²) in [5, 5.41) is 9.17. The maximum absolute atomic E-state index is 9.17. The minimum absolute atomic E-state index is 0.0789. The van der Waals surface area contributed by atoms with E-state index in [0.717, 1.165) is 11.1 Å². The predicted molar refractivity (Wildman–Crippen MR) is 60.0 cm³/mol. The lowest BCUT2D eigenvalue weighted by Gasteiger charge is -2.07. The molecule has 0 spiro atoms. The van der Waals surface area contributed by atoms with E-state index in [1.807, 2.05) is 36.4 Å². The van der Waals surface area contributed by atoms with Crippen LogP contribution in [0.3, 0.4) is 0 Å². The summed E-state index contributed by atoms with van der Waals surface area (Å²) >= 11 is 0. The number of benzene rings is 1. The lowest BCUT2D eigenvalue weighted by molar-refractivity contribution is 0.277. The lowest BCUT2D eigenvalue weighted by Crippen LogP contribution is -1.96. The number of aromatic nitrogens is 1. The summed E-state index contributed by atoms with van der Waals surface area (Å²) in [6.07, 6.45) is 1.55. The molecule has 2 aromatic rings. The average Bonchev–Trinajstić information content (AvgIpc) is 2.30. The fourth-order valence-electron chi connectivity index (χ4n) is 1.50. The van der Waals surface area contributed by atoms with Crippen LogP contribution in [-0.4, -0.2) is 10.1 Å². The third kappa shape index (κ3) is 1.97. The van der Waals surface area contributed by atoms with Crippen molar-refractivity contribution in [1.29, 1.82) is 0 Å². The largest absolute Gasteiger partial charge is 0.397 e. The van der Waals surface area contributed by atoms with Gasteiger partial charge in [-0.1, -0.05) is 30.3 Å². The van der Waals surface area contributed by atoms with E-state index in [4.69, 9.17) is 10.8 Å². The molecular weight excluding hydrogens is 188 g/mol. The molecule has 1 aromatic heterocycles. The molecule has 76 valence electrons. The number of aliphatic hydroxyl groups is 1. The van der Waals surface area contributed by atoms with Gasteiger partial charge in [0.05, 0.1) is 24.2 Å². The predicted octanol–water partition coefficient (Wildman–Crippen LogP) is 1.82. The Morgan fingerprint density at radius 3 is 2.60 bits per heavy atom. The summed E-state index contributed by atoms with van der Waals surface area (Å²) in [5.41, 5.74) is 8.83. The van der Waals surface area contributed by atoms with Crippen LogP contribution in [0, 0.1) is 0 Å². The van der Waals surface area contributed by atoms with E-state index in [2.05, 4.69) is 4.98 Å². The van der Waals surface area contributed by atoms with Gasteiger partial charge >= 0.3 is 0 Å². The minimum Gasteiger partial charge on any atom is -0.397 e. The normalized spacial score (nSPS) is 10.2. The Morgan fingerprint density at radius 1 is 1.20 bits per heavy atom. The molecule has 0 aliphatic heterocycles. The van der Waals surface area contributed by atoms with Crippen LogP contribution < -0.4 is 5.73 Å². The van der Waals surface area contributed by atoms with Gasteiger partial charge in [-0.3, -0.25) is 4.98 Å². The number of rotatable bonds is 2. The maximum Gasteiger partial charge on any atom is 0.0859 e. The molecule has 1 aromatic carbocycles. The molecule has 0 saturated heterocycles. The Bertz CT molecular complexity index is 454. The topological polar surface area (TPSA) is 59.1 Å². The Kier molecular flexibility index (Phi) is 2.65. The summed E-state index contributed by atoms with van der Waals surface area (Å²) in [7, 11) is 0. The van der Waals surface area contributed by atoms with Crippen LogP contribution in [0.15, 0.2) is 42.6 Å². The first kappa shape index (κ1) is 9.68. The maximum atomic E-state index is 9.17. The zero-order valence-electron chi connectivity index (χ0n) is 8.22. The van der Waals surface area contributed by atoms with Crippen molar-refractivity contribution in [3.05, 3.63) is 48.3 Å². The lowest BCUT2D eigenvalue weighted by atomic mass is 10.0. The molecule has 3 N–H and O–H groups in total. The second-order valence-electron chi connectivity index (χ2n) is 3.29. The first-order valence-corrected chi connectivity index (χ1v) is 4.72. The number of hydrogen-bond donors (Lipinski definition) is 2. The number of hydrogen-bond acceptors (Lipinski definition) is 3. The third-order valence-electron chi connectivity index (χ3n) is 2.23. The molecule has 0 amide bonds. The Labute approximate surface area is 88.2 Å². The van der Waals surface area contributed by atoms with Gasteiger partial charge in [-0.15, -0.1) is 0 Å². The Morgan fingerprint density at radius 2 is 1.93 bits per heavy atom. The fourth-order valence-corrected chi connectivity index (χ4v) is 1.50. The third-order valence-corrected chi connectivity index (χ3v) is 2.23. The van der Waals surface area contributed by atoms with E-state index in [9.17, 15) is 0 Å². The monoisotopic (exact) mass is 200 g/mol. The highest BCUT2D eigenvalue weighted by molar-refractivity contribution is 5.68. The first-order valence-electron chi connectivity index (χ1n) is 4.72. The minimum atomic E-state index is -0.0789. The first-order chi connectivity index (χ1) is 7.31. The highest BCUT2D eigenvalue weighted by Gasteiger charge is 2.05. The molecule has 0 bridgehead atoms. The molecule has 0 radical (unpaired) electrons. The smallest absolute Gasteiger partial charge is 0.0859 e. The van der Waals surface area contributed by atoms with Crippen LogP contribution in [0.25, 0.3) is 11.1 Å². The van der Waals surface area contributed by atoms with Crippen molar-refractivity contribution in [2.45, 2.75) is 6.61 Å². The van der Waals surface area contributed by atoms with Crippen LogP contribution in [-0.2, 0) is 6.61 Å². The quantitative estimate of drug-likeness (QED) is 0.777.